The number of aromatic nitrogens is 1. The van der Waals surface area contributed by atoms with Crippen molar-refractivity contribution in [2.45, 2.75) is 19.5 Å². The third kappa shape index (κ3) is 3.48. The van der Waals surface area contributed by atoms with E-state index in [2.05, 4.69) is 4.98 Å². The predicted octanol–water partition coefficient (Wildman–Crippen LogP) is 4.08. The van der Waals surface area contributed by atoms with Gasteiger partial charge in [0, 0.05) is 11.1 Å². The lowest BCUT2D eigenvalue weighted by Gasteiger charge is -2.24. The summed E-state index contributed by atoms with van der Waals surface area (Å²) < 4.78 is 5.38. The van der Waals surface area contributed by atoms with Crippen LogP contribution in [0.5, 0.6) is 5.75 Å². The molecule has 0 bridgehead atoms. The average Bonchev–Trinajstić information content (AvgIpc) is 3.36. The standard InChI is InChI=1S/C23H20N2O4S/c1-14-8-9-18(29-2)16(12-14)21(26)19-20(17-7-3-4-10-24-17)25(23(28)22(19)27)13-15-6-5-11-30-15/h3-12,20,26H,13H2,1-2H3/b21-19+. The van der Waals surface area contributed by atoms with Crippen LogP contribution in [0.2, 0.25) is 0 Å². The summed E-state index contributed by atoms with van der Waals surface area (Å²) in [4.78, 5) is 32.8. The van der Waals surface area contributed by atoms with E-state index < -0.39 is 17.7 Å². The normalized spacial score (nSPS) is 18.1. The van der Waals surface area contributed by atoms with Crippen LogP contribution in [0.4, 0.5) is 0 Å². The van der Waals surface area contributed by atoms with Crippen molar-refractivity contribution in [2.24, 2.45) is 0 Å². The highest BCUT2D eigenvalue weighted by atomic mass is 32.1. The van der Waals surface area contributed by atoms with Crippen molar-refractivity contribution < 1.29 is 19.4 Å². The zero-order valence-electron chi connectivity index (χ0n) is 16.5. The molecule has 4 rings (SSSR count). The molecule has 1 N–H and O–H groups in total. The third-order valence-electron chi connectivity index (χ3n) is 5.02. The summed E-state index contributed by atoms with van der Waals surface area (Å²) in [5.74, 6) is -1.24. The second-order valence-corrected chi connectivity index (χ2v) is 8.00. The molecule has 1 aromatic carbocycles. The summed E-state index contributed by atoms with van der Waals surface area (Å²) in [5.41, 5.74) is 1.78. The lowest BCUT2D eigenvalue weighted by Crippen LogP contribution is -2.29. The van der Waals surface area contributed by atoms with Gasteiger partial charge >= 0.3 is 0 Å². The number of hydrogen-bond acceptors (Lipinski definition) is 6. The van der Waals surface area contributed by atoms with Crippen molar-refractivity contribution in [3.8, 4) is 5.75 Å². The molecular formula is C23H20N2O4S. The van der Waals surface area contributed by atoms with Crippen molar-refractivity contribution >= 4 is 28.8 Å². The van der Waals surface area contributed by atoms with E-state index in [4.69, 9.17) is 4.74 Å². The molecule has 1 aliphatic rings. The first-order valence-corrected chi connectivity index (χ1v) is 10.3. The minimum absolute atomic E-state index is 0.0131. The van der Waals surface area contributed by atoms with Crippen molar-refractivity contribution in [2.75, 3.05) is 7.11 Å². The third-order valence-corrected chi connectivity index (χ3v) is 5.89. The summed E-state index contributed by atoms with van der Waals surface area (Å²) in [6, 6.07) is 13.6. The highest BCUT2D eigenvalue weighted by Crippen LogP contribution is 2.41. The van der Waals surface area contributed by atoms with Crippen molar-refractivity contribution in [3.05, 3.63) is 87.4 Å². The number of aliphatic hydroxyl groups excluding tert-OH is 1. The molecule has 0 radical (unpaired) electrons. The number of carbonyl (C=O) groups excluding carboxylic acids is 2. The lowest BCUT2D eigenvalue weighted by atomic mass is 9.97. The molecule has 3 aromatic rings. The van der Waals surface area contributed by atoms with Crippen molar-refractivity contribution in [1.29, 1.82) is 0 Å². The zero-order chi connectivity index (χ0) is 21.3. The number of nitrogens with zero attached hydrogens (tertiary/aromatic N) is 2. The maximum atomic E-state index is 13.1. The summed E-state index contributed by atoms with van der Waals surface area (Å²) >= 11 is 1.50. The summed E-state index contributed by atoms with van der Waals surface area (Å²) in [7, 11) is 1.49. The number of pyridine rings is 1. The number of thiophene rings is 1. The zero-order valence-corrected chi connectivity index (χ0v) is 17.3. The highest BCUT2D eigenvalue weighted by molar-refractivity contribution is 7.09. The summed E-state index contributed by atoms with van der Waals surface area (Å²) in [6.45, 7) is 2.13. The number of benzene rings is 1. The number of rotatable bonds is 5. The smallest absolute Gasteiger partial charge is 0.296 e. The Morgan fingerprint density at radius 2 is 2.03 bits per heavy atom. The quantitative estimate of drug-likeness (QED) is 0.382. The Morgan fingerprint density at radius 3 is 2.70 bits per heavy atom. The Labute approximate surface area is 178 Å². The van der Waals surface area contributed by atoms with E-state index >= 15 is 0 Å². The fourth-order valence-electron chi connectivity index (χ4n) is 3.61. The van der Waals surface area contributed by atoms with Gasteiger partial charge in [-0.15, -0.1) is 11.3 Å². The molecule has 0 spiro atoms. The molecule has 30 heavy (non-hydrogen) atoms. The van der Waals surface area contributed by atoms with Crippen LogP contribution in [0.15, 0.2) is 65.7 Å². The number of ether oxygens (including phenoxy) is 1. The number of aliphatic hydroxyl groups is 1. The van der Waals surface area contributed by atoms with Crippen LogP contribution in [0.1, 0.15) is 27.7 Å². The molecule has 6 nitrogen and oxygen atoms in total. The van der Waals surface area contributed by atoms with E-state index in [1.807, 2.05) is 30.5 Å². The summed E-state index contributed by atoms with van der Waals surface area (Å²) in [6.07, 6.45) is 1.61. The second-order valence-electron chi connectivity index (χ2n) is 6.96. The molecule has 0 saturated carbocycles. The molecule has 1 unspecified atom stereocenters. The van der Waals surface area contributed by atoms with E-state index in [1.54, 1.807) is 36.5 Å². The molecule has 2 aromatic heterocycles. The fourth-order valence-corrected chi connectivity index (χ4v) is 4.31. The number of likely N-dealkylation sites (tertiary alicyclic amines) is 1. The monoisotopic (exact) mass is 420 g/mol. The fraction of sp³-hybridized carbons (Fsp3) is 0.174. The van der Waals surface area contributed by atoms with Gasteiger partial charge < -0.3 is 14.7 Å². The Kier molecular flexibility index (Phi) is 5.37. The number of amides is 1. The predicted molar refractivity (Wildman–Crippen MR) is 114 cm³/mol. The lowest BCUT2D eigenvalue weighted by molar-refractivity contribution is -0.140. The highest BCUT2D eigenvalue weighted by Gasteiger charge is 2.47. The first-order valence-electron chi connectivity index (χ1n) is 9.38. The van der Waals surface area contributed by atoms with Gasteiger partial charge in [-0.1, -0.05) is 23.8 Å². The molecule has 1 atom stereocenters. The number of aryl methyl sites for hydroxylation is 1. The van der Waals surface area contributed by atoms with Gasteiger partial charge in [0.1, 0.15) is 17.6 Å². The second kappa shape index (κ2) is 8.12. The number of carbonyl (C=O) groups is 2. The van der Waals surface area contributed by atoms with Gasteiger partial charge in [0.2, 0.25) is 0 Å². The Bertz CT molecular complexity index is 1120. The average molecular weight is 420 g/mol. The number of Topliss-reactive ketones (excluding diaryl/α,β-unsaturated/α-hetero) is 1. The van der Waals surface area contributed by atoms with Gasteiger partial charge in [-0.2, -0.15) is 0 Å². The summed E-state index contributed by atoms with van der Waals surface area (Å²) in [5, 5.41) is 13.1. The molecule has 0 aliphatic carbocycles. The molecule has 152 valence electrons. The van der Waals surface area contributed by atoms with Crippen LogP contribution in [0.3, 0.4) is 0 Å². The van der Waals surface area contributed by atoms with Gasteiger partial charge in [0.15, 0.2) is 0 Å². The topological polar surface area (TPSA) is 79.7 Å². The van der Waals surface area contributed by atoms with Crippen molar-refractivity contribution in [1.82, 2.24) is 9.88 Å². The van der Waals surface area contributed by atoms with Gasteiger partial charge in [0.05, 0.1) is 30.5 Å². The Morgan fingerprint density at radius 1 is 1.20 bits per heavy atom. The molecule has 3 heterocycles. The number of hydrogen-bond donors (Lipinski definition) is 1. The first kappa shape index (κ1) is 19.8. The van der Waals surface area contributed by atoms with E-state index in [1.165, 1.54) is 23.3 Å². The molecule has 1 aliphatic heterocycles. The van der Waals surface area contributed by atoms with E-state index in [9.17, 15) is 14.7 Å². The molecule has 1 saturated heterocycles. The van der Waals surface area contributed by atoms with Crippen molar-refractivity contribution in [3.63, 3.8) is 0 Å². The molecule has 1 fully saturated rings. The molecular weight excluding hydrogens is 400 g/mol. The van der Waals surface area contributed by atoms with Gasteiger partial charge in [-0.25, -0.2) is 0 Å². The molecule has 1 amide bonds. The van der Waals surface area contributed by atoms with Crippen LogP contribution >= 0.6 is 11.3 Å². The SMILES string of the molecule is COc1ccc(C)cc1/C(O)=C1\C(=O)C(=O)N(Cc2cccs2)C1c1ccccn1. The van der Waals surface area contributed by atoms with Gasteiger partial charge in [-0.05, 0) is 42.6 Å². The van der Waals surface area contributed by atoms with Crippen LogP contribution in [-0.4, -0.2) is 33.8 Å². The van der Waals surface area contributed by atoms with E-state index in [0.29, 0.717) is 17.0 Å². The Balaban J connectivity index is 1.90. The van der Waals surface area contributed by atoms with Crippen LogP contribution in [-0.2, 0) is 16.1 Å². The number of methoxy groups -OCH3 is 1. The first-order chi connectivity index (χ1) is 14.5. The minimum Gasteiger partial charge on any atom is -0.507 e. The largest absolute Gasteiger partial charge is 0.507 e. The van der Waals surface area contributed by atoms with Crippen LogP contribution in [0, 0.1) is 6.92 Å². The van der Waals surface area contributed by atoms with Crippen LogP contribution in [0.25, 0.3) is 5.76 Å². The van der Waals surface area contributed by atoms with E-state index in [0.717, 1.165) is 10.4 Å². The van der Waals surface area contributed by atoms with Gasteiger partial charge in [-0.3, -0.25) is 14.6 Å². The number of ketones is 1. The maximum Gasteiger partial charge on any atom is 0.296 e. The van der Waals surface area contributed by atoms with Crippen LogP contribution < -0.4 is 4.74 Å². The maximum absolute atomic E-state index is 13.1. The Hall–Kier alpha value is -3.45. The van der Waals surface area contributed by atoms with E-state index in [-0.39, 0.29) is 17.9 Å². The molecule has 7 heteroatoms. The minimum atomic E-state index is -0.793. The van der Waals surface area contributed by atoms with Gasteiger partial charge in [0.25, 0.3) is 11.7 Å².